The van der Waals surface area contributed by atoms with E-state index < -0.39 is 0 Å². The van der Waals surface area contributed by atoms with Crippen LogP contribution in [0.25, 0.3) is 0 Å². The molecule has 5 heteroatoms. The van der Waals surface area contributed by atoms with Crippen LogP contribution in [-0.4, -0.2) is 29.3 Å². The highest BCUT2D eigenvalue weighted by Crippen LogP contribution is 1.96. The highest BCUT2D eigenvalue weighted by Gasteiger charge is 2.01. The van der Waals surface area contributed by atoms with Crippen molar-refractivity contribution in [1.29, 1.82) is 0 Å². The van der Waals surface area contributed by atoms with Crippen LogP contribution >= 0.6 is 0 Å². The fraction of sp³-hybridized carbons (Fsp3) is 0.375. The number of hydrogen-bond acceptors (Lipinski definition) is 4. The molecule has 0 fully saturated rings. The zero-order valence-electron chi connectivity index (χ0n) is 7.36. The Balaban J connectivity index is 2.37. The Morgan fingerprint density at radius 1 is 1.69 bits per heavy atom. The van der Waals surface area contributed by atoms with Crippen LogP contribution < -0.4 is 5.32 Å². The molecule has 1 aromatic rings. The van der Waals surface area contributed by atoms with Crippen molar-refractivity contribution in [3.8, 4) is 0 Å². The lowest BCUT2D eigenvalue weighted by atomic mass is 10.5. The number of anilines is 1. The maximum Gasteiger partial charge on any atom is 0.251 e. The van der Waals surface area contributed by atoms with Crippen LogP contribution in [0.4, 0.5) is 5.82 Å². The minimum absolute atomic E-state index is 0.0487. The molecule has 13 heavy (non-hydrogen) atoms. The summed E-state index contributed by atoms with van der Waals surface area (Å²) in [5, 5.41) is 9.84. The first-order chi connectivity index (χ1) is 6.33. The third-order valence-corrected chi connectivity index (χ3v) is 1.28. The topological polar surface area (TPSA) is 64.1 Å². The number of aromatic nitrogens is 2. The predicted octanol–water partition coefficient (Wildman–Crippen LogP) is 0.452. The second kappa shape index (κ2) is 5.21. The van der Waals surface area contributed by atoms with Gasteiger partial charge < -0.3 is 10.1 Å². The van der Waals surface area contributed by atoms with E-state index in [2.05, 4.69) is 15.5 Å². The van der Waals surface area contributed by atoms with Gasteiger partial charge in [-0.1, -0.05) is 0 Å². The summed E-state index contributed by atoms with van der Waals surface area (Å²) in [5.41, 5.74) is 0. The van der Waals surface area contributed by atoms with Crippen LogP contribution in [0.1, 0.15) is 6.92 Å². The van der Waals surface area contributed by atoms with Crippen molar-refractivity contribution in [2.24, 2.45) is 0 Å². The van der Waals surface area contributed by atoms with Crippen LogP contribution in [-0.2, 0) is 9.53 Å². The van der Waals surface area contributed by atoms with E-state index in [4.69, 9.17) is 4.74 Å². The van der Waals surface area contributed by atoms with Crippen molar-refractivity contribution >= 4 is 11.7 Å². The number of amides is 1. The standard InChI is InChI=1S/C8H11N3O2/c1-2-13-6-8(12)10-7-4-3-5-9-11-7/h3-5H,2,6H2,1H3,(H,10,11,12). The van der Waals surface area contributed by atoms with E-state index in [-0.39, 0.29) is 12.5 Å². The molecule has 5 nitrogen and oxygen atoms in total. The molecule has 1 heterocycles. The van der Waals surface area contributed by atoms with Gasteiger partial charge in [0.25, 0.3) is 5.91 Å². The van der Waals surface area contributed by atoms with Gasteiger partial charge in [-0.3, -0.25) is 4.79 Å². The molecule has 0 radical (unpaired) electrons. The average molecular weight is 181 g/mol. The number of rotatable bonds is 4. The molecule has 1 rings (SSSR count). The molecule has 1 amide bonds. The van der Waals surface area contributed by atoms with E-state index in [1.165, 1.54) is 6.20 Å². The normalized spacial score (nSPS) is 9.62. The third kappa shape index (κ3) is 3.62. The summed E-state index contributed by atoms with van der Waals surface area (Å²) < 4.78 is 4.91. The van der Waals surface area contributed by atoms with Crippen molar-refractivity contribution in [1.82, 2.24) is 10.2 Å². The molecule has 0 unspecified atom stereocenters. The molecular weight excluding hydrogens is 170 g/mol. The summed E-state index contributed by atoms with van der Waals surface area (Å²) in [4.78, 5) is 11.1. The Kier molecular flexibility index (Phi) is 3.84. The van der Waals surface area contributed by atoms with Gasteiger partial charge in [0, 0.05) is 12.8 Å². The Morgan fingerprint density at radius 3 is 3.15 bits per heavy atom. The van der Waals surface area contributed by atoms with Gasteiger partial charge in [0.15, 0.2) is 5.82 Å². The predicted molar refractivity (Wildman–Crippen MR) is 47.2 cm³/mol. The zero-order valence-corrected chi connectivity index (χ0v) is 7.36. The molecule has 1 N–H and O–H groups in total. The van der Waals surface area contributed by atoms with E-state index >= 15 is 0 Å². The molecular formula is C8H11N3O2. The van der Waals surface area contributed by atoms with Crippen molar-refractivity contribution in [2.75, 3.05) is 18.5 Å². The first-order valence-electron chi connectivity index (χ1n) is 3.98. The maximum atomic E-state index is 11.1. The molecule has 0 atom stereocenters. The maximum absolute atomic E-state index is 11.1. The second-order valence-electron chi connectivity index (χ2n) is 2.29. The van der Waals surface area contributed by atoms with Gasteiger partial charge in [-0.2, -0.15) is 5.10 Å². The first kappa shape index (κ1) is 9.60. The Labute approximate surface area is 76.1 Å². The lowest BCUT2D eigenvalue weighted by Crippen LogP contribution is -2.18. The minimum Gasteiger partial charge on any atom is -0.372 e. The summed E-state index contributed by atoms with van der Waals surface area (Å²) in [7, 11) is 0. The van der Waals surface area contributed by atoms with E-state index in [1.807, 2.05) is 6.92 Å². The van der Waals surface area contributed by atoms with Crippen LogP contribution in [0, 0.1) is 0 Å². The molecule has 0 spiro atoms. The van der Waals surface area contributed by atoms with Gasteiger partial charge in [0.2, 0.25) is 0 Å². The Hall–Kier alpha value is -1.49. The summed E-state index contributed by atoms with van der Waals surface area (Å²) in [5.74, 6) is 0.217. The monoisotopic (exact) mass is 181 g/mol. The quantitative estimate of drug-likeness (QED) is 0.732. The van der Waals surface area contributed by atoms with Crippen LogP contribution in [0.3, 0.4) is 0 Å². The average Bonchev–Trinajstić information content (AvgIpc) is 2.16. The van der Waals surface area contributed by atoms with Crippen LogP contribution in [0.15, 0.2) is 18.3 Å². The molecule has 0 aromatic carbocycles. The van der Waals surface area contributed by atoms with Gasteiger partial charge in [0.1, 0.15) is 6.61 Å². The highest BCUT2D eigenvalue weighted by atomic mass is 16.5. The number of hydrogen-bond donors (Lipinski definition) is 1. The highest BCUT2D eigenvalue weighted by molar-refractivity contribution is 5.90. The number of nitrogens with zero attached hydrogens (tertiary/aromatic N) is 2. The molecule has 0 aliphatic rings. The van der Waals surface area contributed by atoms with E-state index in [1.54, 1.807) is 12.1 Å². The van der Waals surface area contributed by atoms with Crippen LogP contribution in [0.5, 0.6) is 0 Å². The van der Waals surface area contributed by atoms with Gasteiger partial charge >= 0.3 is 0 Å². The SMILES string of the molecule is CCOCC(=O)Nc1cccnn1. The number of carbonyl (C=O) groups excluding carboxylic acids is 1. The first-order valence-corrected chi connectivity index (χ1v) is 3.98. The summed E-state index contributed by atoms with van der Waals surface area (Å²) in [6.07, 6.45) is 1.54. The van der Waals surface area contributed by atoms with Crippen molar-refractivity contribution < 1.29 is 9.53 Å². The number of ether oxygens (including phenoxy) is 1. The Bertz CT molecular complexity index is 263. The molecule has 0 aliphatic carbocycles. The molecule has 0 bridgehead atoms. The smallest absolute Gasteiger partial charge is 0.251 e. The van der Waals surface area contributed by atoms with Gasteiger partial charge in [-0.25, -0.2) is 0 Å². The minimum atomic E-state index is -0.220. The number of nitrogens with one attached hydrogen (secondary N) is 1. The van der Waals surface area contributed by atoms with Gasteiger partial charge in [-0.05, 0) is 19.1 Å². The van der Waals surface area contributed by atoms with E-state index in [0.717, 1.165) is 0 Å². The van der Waals surface area contributed by atoms with E-state index in [0.29, 0.717) is 12.4 Å². The van der Waals surface area contributed by atoms with E-state index in [9.17, 15) is 4.79 Å². The third-order valence-electron chi connectivity index (χ3n) is 1.28. The fourth-order valence-corrected chi connectivity index (χ4v) is 0.742. The van der Waals surface area contributed by atoms with Gasteiger partial charge in [-0.15, -0.1) is 5.10 Å². The zero-order chi connectivity index (χ0) is 9.52. The van der Waals surface area contributed by atoms with Crippen molar-refractivity contribution in [3.63, 3.8) is 0 Å². The van der Waals surface area contributed by atoms with Crippen LogP contribution in [0.2, 0.25) is 0 Å². The van der Waals surface area contributed by atoms with Crippen molar-refractivity contribution in [2.45, 2.75) is 6.92 Å². The molecule has 0 saturated carbocycles. The molecule has 1 aromatic heterocycles. The summed E-state index contributed by atoms with van der Waals surface area (Å²) in [6.45, 7) is 2.40. The lowest BCUT2D eigenvalue weighted by molar-refractivity contribution is -0.120. The molecule has 0 saturated heterocycles. The fourth-order valence-electron chi connectivity index (χ4n) is 0.742. The summed E-state index contributed by atoms with van der Waals surface area (Å²) >= 11 is 0. The molecule has 70 valence electrons. The number of carbonyl (C=O) groups is 1. The Morgan fingerprint density at radius 2 is 2.54 bits per heavy atom. The summed E-state index contributed by atoms with van der Waals surface area (Å²) in [6, 6.07) is 3.36. The lowest BCUT2D eigenvalue weighted by Gasteiger charge is -2.02. The largest absolute Gasteiger partial charge is 0.372 e. The van der Waals surface area contributed by atoms with Crippen molar-refractivity contribution in [3.05, 3.63) is 18.3 Å². The van der Waals surface area contributed by atoms with Gasteiger partial charge in [0.05, 0.1) is 0 Å². The molecule has 0 aliphatic heterocycles. The second-order valence-corrected chi connectivity index (χ2v) is 2.29.